The van der Waals surface area contributed by atoms with Crippen LogP contribution in [0.2, 0.25) is 0 Å². The highest BCUT2D eigenvalue weighted by atomic mass is 32.2. The molecule has 0 aromatic heterocycles. The highest BCUT2D eigenvalue weighted by Crippen LogP contribution is 2.23. The van der Waals surface area contributed by atoms with E-state index in [0.29, 0.717) is 18.7 Å². The highest BCUT2D eigenvalue weighted by Gasteiger charge is 2.21. The predicted octanol–water partition coefficient (Wildman–Crippen LogP) is 3.01. The number of rotatable bonds is 6. The van der Waals surface area contributed by atoms with E-state index in [4.69, 9.17) is 4.74 Å². The zero-order chi connectivity index (χ0) is 19.4. The molecule has 3 rings (SSSR count). The summed E-state index contributed by atoms with van der Waals surface area (Å²) in [5.41, 5.74) is 2.18. The van der Waals surface area contributed by atoms with Crippen LogP contribution < -0.4 is 10.0 Å². The molecule has 0 radical (unpaired) electrons. The van der Waals surface area contributed by atoms with Crippen molar-refractivity contribution in [2.24, 2.45) is 0 Å². The van der Waals surface area contributed by atoms with E-state index in [9.17, 15) is 13.2 Å². The number of amides is 1. The summed E-state index contributed by atoms with van der Waals surface area (Å²) in [7, 11) is -3.80. The SMILES string of the molecule is Cc1ccc(S(=O)(=O)Nc2ccccc2C(=O)NC[C@H]2CCCO2)c(C)c1. The van der Waals surface area contributed by atoms with Crippen LogP contribution in [0.5, 0.6) is 0 Å². The molecule has 7 heteroatoms. The number of carbonyl (C=O) groups is 1. The molecule has 27 heavy (non-hydrogen) atoms. The quantitative estimate of drug-likeness (QED) is 0.797. The standard InChI is InChI=1S/C20H24N2O4S/c1-14-9-10-19(15(2)12-14)27(24,25)22-18-8-4-3-7-17(18)20(23)21-13-16-6-5-11-26-16/h3-4,7-10,12,16,22H,5-6,11,13H2,1-2H3,(H,21,23)/t16-/m1/s1. The summed E-state index contributed by atoms with van der Waals surface area (Å²) >= 11 is 0. The third-order valence-corrected chi connectivity index (χ3v) is 6.08. The Morgan fingerprint density at radius 1 is 1.19 bits per heavy atom. The van der Waals surface area contributed by atoms with Crippen molar-refractivity contribution in [2.45, 2.75) is 37.7 Å². The van der Waals surface area contributed by atoms with Gasteiger partial charge in [-0.1, -0.05) is 29.8 Å². The maximum Gasteiger partial charge on any atom is 0.262 e. The number of nitrogens with one attached hydrogen (secondary N) is 2. The number of aryl methyl sites for hydroxylation is 2. The van der Waals surface area contributed by atoms with Gasteiger partial charge in [0.05, 0.1) is 22.3 Å². The summed E-state index contributed by atoms with van der Waals surface area (Å²) in [6.07, 6.45) is 1.93. The minimum Gasteiger partial charge on any atom is -0.376 e. The Labute approximate surface area is 160 Å². The Balaban J connectivity index is 1.79. The number of carbonyl (C=O) groups excluding carboxylic acids is 1. The maximum atomic E-state index is 12.8. The molecule has 1 heterocycles. The second-order valence-electron chi connectivity index (χ2n) is 6.77. The summed E-state index contributed by atoms with van der Waals surface area (Å²) < 4.78 is 33.7. The van der Waals surface area contributed by atoms with Crippen molar-refractivity contribution in [2.75, 3.05) is 17.9 Å². The van der Waals surface area contributed by atoms with Crippen molar-refractivity contribution >= 4 is 21.6 Å². The summed E-state index contributed by atoms with van der Waals surface area (Å²) in [6.45, 7) is 4.79. The van der Waals surface area contributed by atoms with E-state index < -0.39 is 10.0 Å². The fourth-order valence-corrected chi connectivity index (χ4v) is 4.49. The molecule has 2 aromatic rings. The normalized spacial score (nSPS) is 16.9. The number of hydrogen-bond donors (Lipinski definition) is 2. The Morgan fingerprint density at radius 3 is 2.67 bits per heavy atom. The molecule has 0 spiro atoms. The van der Waals surface area contributed by atoms with Crippen molar-refractivity contribution in [1.82, 2.24) is 5.32 Å². The smallest absolute Gasteiger partial charge is 0.262 e. The van der Waals surface area contributed by atoms with Crippen LogP contribution in [0.1, 0.15) is 34.3 Å². The first kappa shape index (κ1) is 19.4. The number of ether oxygens (including phenoxy) is 1. The van der Waals surface area contributed by atoms with Crippen molar-refractivity contribution in [3.05, 3.63) is 59.2 Å². The third-order valence-electron chi connectivity index (χ3n) is 4.55. The first-order valence-electron chi connectivity index (χ1n) is 8.96. The minimum absolute atomic E-state index is 0.0213. The zero-order valence-corrected chi connectivity index (χ0v) is 16.3. The first-order valence-corrected chi connectivity index (χ1v) is 10.4. The van der Waals surface area contributed by atoms with Crippen molar-refractivity contribution < 1.29 is 17.9 Å². The van der Waals surface area contributed by atoms with Crippen molar-refractivity contribution in [3.8, 4) is 0 Å². The molecule has 1 amide bonds. The number of anilines is 1. The van der Waals surface area contributed by atoms with Crippen LogP contribution >= 0.6 is 0 Å². The summed E-state index contributed by atoms with van der Waals surface area (Å²) in [5.74, 6) is -0.329. The Kier molecular flexibility index (Phi) is 5.82. The maximum absolute atomic E-state index is 12.8. The van der Waals surface area contributed by atoms with Crippen molar-refractivity contribution in [1.29, 1.82) is 0 Å². The third kappa shape index (κ3) is 4.67. The largest absolute Gasteiger partial charge is 0.376 e. The van der Waals surface area contributed by atoms with Gasteiger partial charge < -0.3 is 10.1 Å². The molecule has 1 aliphatic heterocycles. The number of para-hydroxylation sites is 1. The van der Waals surface area contributed by atoms with E-state index in [1.54, 1.807) is 43.3 Å². The summed E-state index contributed by atoms with van der Waals surface area (Å²) in [5, 5.41) is 2.83. The first-order chi connectivity index (χ1) is 12.9. The molecule has 0 bridgehead atoms. The molecule has 1 aliphatic rings. The molecule has 1 saturated heterocycles. The van der Waals surface area contributed by atoms with Gasteiger partial charge in [-0.3, -0.25) is 9.52 Å². The molecule has 0 aliphatic carbocycles. The number of benzene rings is 2. The van der Waals surface area contributed by atoms with Crippen LogP contribution in [0.15, 0.2) is 47.4 Å². The monoisotopic (exact) mass is 388 g/mol. The van der Waals surface area contributed by atoms with Crippen LogP contribution in [-0.2, 0) is 14.8 Å². The molecular weight excluding hydrogens is 364 g/mol. The van der Waals surface area contributed by atoms with Gasteiger partial charge in [-0.15, -0.1) is 0 Å². The highest BCUT2D eigenvalue weighted by molar-refractivity contribution is 7.92. The van der Waals surface area contributed by atoms with Gasteiger partial charge in [0.2, 0.25) is 0 Å². The number of hydrogen-bond acceptors (Lipinski definition) is 4. The van der Waals surface area contributed by atoms with Gasteiger partial charge in [-0.2, -0.15) is 0 Å². The van der Waals surface area contributed by atoms with Gasteiger partial charge in [0.25, 0.3) is 15.9 Å². The fraction of sp³-hybridized carbons (Fsp3) is 0.350. The van der Waals surface area contributed by atoms with E-state index in [1.165, 1.54) is 0 Å². The van der Waals surface area contributed by atoms with E-state index in [1.807, 2.05) is 13.0 Å². The molecule has 1 atom stereocenters. The molecule has 0 unspecified atom stereocenters. The van der Waals surface area contributed by atoms with Crippen LogP contribution in [-0.4, -0.2) is 33.6 Å². The molecular formula is C20H24N2O4S. The lowest BCUT2D eigenvalue weighted by molar-refractivity contribution is 0.0858. The fourth-order valence-electron chi connectivity index (χ4n) is 3.18. The second kappa shape index (κ2) is 8.10. The summed E-state index contributed by atoms with van der Waals surface area (Å²) in [4.78, 5) is 12.8. The Hall–Kier alpha value is -2.38. The molecule has 6 nitrogen and oxygen atoms in total. The average molecular weight is 388 g/mol. The van der Waals surface area contributed by atoms with Crippen LogP contribution in [0.4, 0.5) is 5.69 Å². The van der Waals surface area contributed by atoms with Gasteiger partial charge in [-0.05, 0) is 50.5 Å². The van der Waals surface area contributed by atoms with Crippen LogP contribution in [0.3, 0.4) is 0 Å². The van der Waals surface area contributed by atoms with Crippen LogP contribution in [0, 0.1) is 13.8 Å². The van der Waals surface area contributed by atoms with Gasteiger partial charge in [0.1, 0.15) is 0 Å². The lowest BCUT2D eigenvalue weighted by atomic mass is 10.1. The lowest BCUT2D eigenvalue weighted by Gasteiger charge is -2.15. The van der Waals surface area contributed by atoms with Crippen molar-refractivity contribution in [3.63, 3.8) is 0 Å². The predicted molar refractivity (Wildman–Crippen MR) is 104 cm³/mol. The molecule has 2 N–H and O–H groups in total. The van der Waals surface area contributed by atoms with E-state index >= 15 is 0 Å². The van der Waals surface area contributed by atoms with Gasteiger partial charge in [0, 0.05) is 13.2 Å². The minimum atomic E-state index is -3.80. The molecule has 2 aromatic carbocycles. The summed E-state index contributed by atoms with van der Waals surface area (Å²) in [6, 6.07) is 11.7. The molecule has 144 valence electrons. The lowest BCUT2D eigenvalue weighted by Crippen LogP contribution is -2.32. The topological polar surface area (TPSA) is 84.5 Å². The Bertz CT molecular complexity index is 935. The van der Waals surface area contributed by atoms with E-state index in [2.05, 4.69) is 10.0 Å². The van der Waals surface area contributed by atoms with Crippen LogP contribution in [0.25, 0.3) is 0 Å². The van der Waals surface area contributed by atoms with Gasteiger partial charge >= 0.3 is 0 Å². The van der Waals surface area contributed by atoms with E-state index in [0.717, 1.165) is 18.4 Å². The van der Waals surface area contributed by atoms with E-state index in [-0.39, 0.29) is 28.2 Å². The molecule has 0 saturated carbocycles. The molecule has 1 fully saturated rings. The van der Waals surface area contributed by atoms with Gasteiger partial charge in [-0.25, -0.2) is 8.42 Å². The second-order valence-corrected chi connectivity index (χ2v) is 8.42. The number of sulfonamides is 1. The van der Waals surface area contributed by atoms with Gasteiger partial charge in [0.15, 0.2) is 0 Å². The Morgan fingerprint density at radius 2 is 1.96 bits per heavy atom. The average Bonchev–Trinajstić information content (AvgIpc) is 3.13. The zero-order valence-electron chi connectivity index (χ0n) is 15.5.